The average Bonchev–Trinajstić information content (AvgIpc) is 3.79. The Balaban J connectivity index is 1.54. The fourth-order valence-electron chi connectivity index (χ4n) is 5.55. The Morgan fingerprint density at radius 1 is 0.524 bits per heavy atom. The zero-order chi connectivity index (χ0) is 29.4. The summed E-state index contributed by atoms with van der Waals surface area (Å²) in [4.78, 5) is 53.8. The normalized spacial score (nSPS) is 12.0. The predicted octanol–water partition coefficient (Wildman–Crippen LogP) is 6.54. The minimum absolute atomic E-state index is 0.115. The predicted molar refractivity (Wildman–Crippen MR) is 160 cm³/mol. The maximum absolute atomic E-state index is 13.6. The number of aromatic nitrogens is 2. The summed E-state index contributed by atoms with van der Waals surface area (Å²) in [6.45, 7) is 4.73. The van der Waals surface area contributed by atoms with E-state index in [1.807, 2.05) is 0 Å². The van der Waals surface area contributed by atoms with Crippen LogP contribution in [0, 0.1) is 0 Å². The summed E-state index contributed by atoms with van der Waals surface area (Å²) in [5, 5.41) is 0.793. The molecule has 6 rings (SSSR count). The molecule has 0 atom stereocenters. The van der Waals surface area contributed by atoms with Crippen LogP contribution in [0.3, 0.4) is 0 Å². The van der Waals surface area contributed by atoms with Gasteiger partial charge in [0.25, 0.3) is 22.2 Å². The van der Waals surface area contributed by atoms with Crippen molar-refractivity contribution in [1.29, 1.82) is 0 Å². The van der Waals surface area contributed by atoms with Crippen molar-refractivity contribution in [1.82, 2.24) is 9.13 Å². The van der Waals surface area contributed by atoms with E-state index < -0.39 is 22.2 Å². The van der Waals surface area contributed by atoms with Crippen molar-refractivity contribution in [3.05, 3.63) is 78.2 Å². The highest BCUT2D eigenvalue weighted by Gasteiger charge is 2.23. The van der Waals surface area contributed by atoms with E-state index in [0.717, 1.165) is 38.5 Å². The van der Waals surface area contributed by atoms with Crippen LogP contribution in [0.1, 0.15) is 65.2 Å². The number of hydrogen-bond donors (Lipinski definition) is 0. The second-order valence-electron chi connectivity index (χ2n) is 10.7. The lowest BCUT2D eigenvalue weighted by molar-refractivity contribution is 0.554. The standard InChI is InChI=1S/C32H32N2O8/c1-3-5-7-9-13-33-29(35)19-11-15-39-25(19)27-21(31(33)37)17-23(41-27)24-18-22-28(42-24)26-20(12-16-40-26)30(36)34(32(22)38)14-10-8-6-4-2/h11-12,15-18H,3-10,13-14H2,1-2H3. The number of furan rings is 4. The zero-order valence-corrected chi connectivity index (χ0v) is 23.7. The molecule has 6 aromatic rings. The summed E-state index contributed by atoms with van der Waals surface area (Å²) >= 11 is 0. The molecule has 0 amide bonds. The van der Waals surface area contributed by atoms with Crippen molar-refractivity contribution in [2.24, 2.45) is 0 Å². The number of rotatable bonds is 11. The van der Waals surface area contributed by atoms with Gasteiger partial charge in [-0.2, -0.15) is 0 Å². The van der Waals surface area contributed by atoms with Crippen LogP contribution >= 0.6 is 0 Å². The Bertz CT molecular complexity index is 2010. The second kappa shape index (κ2) is 11.3. The number of fused-ring (bicyclic) bond motifs is 6. The molecule has 0 bridgehead atoms. The van der Waals surface area contributed by atoms with Gasteiger partial charge < -0.3 is 17.7 Å². The van der Waals surface area contributed by atoms with Gasteiger partial charge in [0.1, 0.15) is 0 Å². The Kier molecular flexibility index (Phi) is 7.45. The summed E-state index contributed by atoms with van der Waals surface area (Å²) in [6.07, 6.45) is 10.0. The van der Waals surface area contributed by atoms with Gasteiger partial charge in [0.15, 0.2) is 33.9 Å². The molecule has 0 radical (unpaired) electrons. The maximum atomic E-state index is 13.6. The van der Waals surface area contributed by atoms with E-state index in [-0.39, 0.29) is 68.5 Å². The van der Waals surface area contributed by atoms with E-state index in [4.69, 9.17) is 17.7 Å². The molecule has 0 aliphatic rings. The molecule has 42 heavy (non-hydrogen) atoms. The van der Waals surface area contributed by atoms with Gasteiger partial charge >= 0.3 is 0 Å². The summed E-state index contributed by atoms with van der Waals surface area (Å²) in [6, 6.07) is 6.06. The van der Waals surface area contributed by atoms with Crippen LogP contribution in [0.4, 0.5) is 0 Å². The highest BCUT2D eigenvalue weighted by molar-refractivity contribution is 6.02. The zero-order valence-electron chi connectivity index (χ0n) is 23.7. The van der Waals surface area contributed by atoms with Crippen molar-refractivity contribution in [3.63, 3.8) is 0 Å². The van der Waals surface area contributed by atoms with Gasteiger partial charge in [-0.15, -0.1) is 0 Å². The first kappa shape index (κ1) is 27.6. The lowest BCUT2D eigenvalue weighted by atomic mass is 10.2. The minimum Gasteiger partial charge on any atom is -0.460 e. The summed E-state index contributed by atoms with van der Waals surface area (Å²) in [7, 11) is 0. The number of hydrogen-bond acceptors (Lipinski definition) is 8. The Morgan fingerprint density at radius 2 is 0.929 bits per heavy atom. The lowest BCUT2D eigenvalue weighted by Crippen LogP contribution is -2.30. The first-order valence-corrected chi connectivity index (χ1v) is 14.6. The third-order valence-corrected chi connectivity index (χ3v) is 7.82. The van der Waals surface area contributed by atoms with E-state index in [1.165, 1.54) is 45.9 Å². The fraction of sp³-hybridized carbons (Fsp3) is 0.375. The van der Waals surface area contributed by atoms with Crippen LogP contribution in [0.25, 0.3) is 55.4 Å². The van der Waals surface area contributed by atoms with E-state index in [0.29, 0.717) is 12.8 Å². The van der Waals surface area contributed by atoms with Crippen molar-refractivity contribution in [3.8, 4) is 11.5 Å². The van der Waals surface area contributed by atoms with E-state index >= 15 is 0 Å². The smallest absolute Gasteiger partial charge is 0.264 e. The summed E-state index contributed by atoms with van der Waals surface area (Å²) < 4.78 is 25.9. The Morgan fingerprint density at radius 3 is 1.33 bits per heavy atom. The number of unbranched alkanes of at least 4 members (excludes halogenated alkanes) is 6. The molecular weight excluding hydrogens is 540 g/mol. The molecule has 0 saturated heterocycles. The van der Waals surface area contributed by atoms with Gasteiger partial charge in [0.05, 0.1) is 34.1 Å². The van der Waals surface area contributed by atoms with E-state index in [1.54, 1.807) is 0 Å². The van der Waals surface area contributed by atoms with Crippen LogP contribution in [-0.2, 0) is 13.1 Å². The lowest BCUT2D eigenvalue weighted by Gasteiger charge is -2.01. The van der Waals surface area contributed by atoms with Crippen LogP contribution in [0.2, 0.25) is 0 Å². The van der Waals surface area contributed by atoms with Gasteiger partial charge in [-0.3, -0.25) is 28.3 Å². The SMILES string of the molecule is CCCCCCn1c(=O)c2ccoc2c2oc(-c3cc4c(=O)n(CCCCCC)c(=O)c5ccoc5c4o3)cc2c1=O. The molecule has 0 spiro atoms. The van der Waals surface area contributed by atoms with Gasteiger partial charge in [-0.05, 0) is 25.0 Å². The molecule has 0 unspecified atom stereocenters. The second-order valence-corrected chi connectivity index (χ2v) is 10.7. The van der Waals surface area contributed by atoms with Crippen molar-refractivity contribution in [2.75, 3.05) is 0 Å². The Hall–Kier alpha value is -4.60. The highest BCUT2D eigenvalue weighted by atomic mass is 16.4. The molecule has 10 nitrogen and oxygen atoms in total. The molecule has 0 aromatic carbocycles. The van der Waals surface area contributed by atoms with Gasteiger partial charge in [-0.1, -0.05) is 52.4 Å². The van der Waals surface area contributed by atoms with Crippen molar-refractivity contribution >= 4 is 43.9 Å². The fourth-order valence-corrected chi connectivity index (χ4v) is 5.55. The third-order valence-electron chi connectivity index (χ3n) is 7.82. The minimum atomic E-state index is -0.491. The third kappa shape index (κ3) is 4.60. The number of nitrogens with zero attached hydrogens (tertiary/aromatic N) is 2. The van der Waals surface area contributed by atoms with E-state index in [9.17, 15) is 19.2 Å². The summed E-state index contributed by atoms with van der Waals surface area (Å²) in [5.41, 5.74) is -1.30. The van der Waals surface area contributed by atoms with Crippen LogP contribution in [-0.4, -0.2) is 9.13 Å². The molecule has 0 aliphatic carbocycles. The molecule has 0 fully saturated rings. The van der Waals surface area contributed by atoms with Crippen LogP contribution in [0.5, 0.6) is 0 Å². The molecule has 0 N–H and O–H groups in total. The largest absolute Gasteiger partial charge is 0.460 e. The molecule has 218 valence electrons. The first-order valence-electron chi connectivity index (χ1n) is 14.6. The van der Waals surface area contributed by atoms with Crippen LogP contribution < -0.4 is 22.2 Å². The van der Waals surface area contributed by atoms with Crippen molar-refractivity contribution in [2.45, 2.75) is 78.3 Å². The maximum Gasteiger partial charge on any atom is 0.264 e. The van der Waals surface area contributed by atoms with Crippen LogP contribution in [0.15, 0.2) is 73.6 Å². The highest BCUT2D eigenvalue weighted by Crippen LogP contribution is 2.34. The van der Waals surface area contributed by atoms with Gasteiger partial charge in [-0.25, -0.2) is 0 Å². The molecule has 6 heterocycles. The molecule has 0 aliphatic heterocycles. The molecule has 6 aromatic heterocycles. The quantitative estimate of drug-likeness (QED) is 0.160. The first-order chi connectivity index (χ1) is 20.4. The topological polar surface area (TPSA) is 131 Å². The summed E-state index contributed by atoms with van der Waals surface area (Å²) in [5.74, 6) is 0.344. The molecule has 10 heteroatoms. The van der Waals surface area contributed by atoms with Gasteiger partial charge in [0, 0.05) is 25.2 Å². The van der Waals surface area contributed by atoms with Gasteiger partial charge in [0.2, 0.25) is 0 Å². The van der Waals surface area contributed by atoms with E-state index in [2.05, 4.69) is 13.8 Å². The average molecular weight is 573 g/mol. The van der Waals surface area contributed by atoms with Crippen molar-refractivity contribution < 1.29 is 17.7 Å². The Labute approximate surface area is 238 Å². The molecular formula is C32H32N2O8. The monoisotopic (exact) mass is 572 g/mol. The molecule has 0 saturated carbocycles.